The van der Waals surface area contributed by atoms with Crippen LogP contribution in [0.15, 0.2) is 16.6 Å². The van der Waals surface area contributed by atoms with Gasteiger partial charge in [0, 0.05) is 5.56 Å². The predicted octanol–water partition coefficient (Wildman–Crippen LogP) is 4.35. The summed E-state index contributed by atoms with van der Waals surface area (Å²) < 4.78 is 49.5. The van der Waals surface area contributed by atoms with Crippen LogP contribution >= 0.6 is 27.5 Å². The number of hydrogen-bond donors (Lipinski definition) is 0. The lowest BCUT2D eigenvalue weighted by Gasteiger charge is -2.09. The van der Waals surface area contributed by atoms with Crippen molar-refractivity contribution < 1.29 is 17.6 Å². The summed E-state index contributed by atoms with van der Waals surface area (Å²) in [4.78, 5) is 0. The van der Waals surface area contributed by atoms with Crippen LogP contribution in [0.1, 0.15) is 11.1 Å². The van der Waals surface area contributed by atoms with Gasteiger partial charge in [0.1, 0.15) is 5.82 Å². The molecule has 0 bridgehead atoms. The molecule has 0 aliphatic carbocycles. The first-order valence-electron chi connectivity index (χ1n) is 3.47. The Labute approximate surface area is 91.0 Å². The molecule has 78 valence electrons. The number of hydrogen-bond acceptors (Lipinski definition) is 0. The van der Waals surface area contributed by atoms with E-state index in [9.17, 15) is 17.6 Å². The Balaban J connectivity index is 3.30. The third-order valence-corrected chi connectivity index (χ3v) is 2.44. The van der Waals surface area contributed by atoms with Gasteiger partial charge in [-0.2, -0.15) is 13.2 Å². The minimum atomic E-state index is -4.49. The first kappa shape index (κ1) is 11.8. The molecule has 0 heterocycles. The molecule has 0 aliphatic rings. The van der Waals surface area contributed by atoms with Gasteiger partial charge in [-0.25, -0.2) is 4.39 Å². The maximum atomic E-state index is 13.1. The summed E-state index contributed by atoms with van der Waals surface area (Å²) in [5, 5.41) is 0. The van der Waals surface area contributed by atoms with Crippen molar-refractivity contribution in [3.05, 3.63) is 33.5 Å². The van der Waals surface area contributed by atoms with Gasteiger partial charge in [-0.3, -0.25) is 0 Å². The second kappa shape index (κ2) is 4.06. The van der Waals surface area contributed by atoms with Crippen LogP contribution in [0.5, 0.6) is 0 Å². The van der Waals surface area contributed by atoms with Gasteiger partial charge < -0.3 is 0 Å². The van der Waals surface area contributed by atoms with Crippen molar-refractivity contribution in [3.8, 4) is 0 Å². The summed E-state index contributed by atoms with van der Waals surface area (Å²) >= 11 is 7.99. The lowest BCUT2D eigenvalue weighted by Crippen LogP contribution is -2.06. The highest BCUT2D eigenvalue weighted by Gasteiger charge is 2.31. The highest BCUT2D eigenvalue weighted by molar-refractivity contribution is 9.10. The Bertz CT molecular complexity index is 348. The molecule has 0 saturated heterocycles. The van der Waals surface area contributed by atoms with E-state index in [0.717, 1.165) is 0 Å². The summed E-state index contributed by atoms with van der Waals surface area (Å²) in [5.41, 5.74) is -1.09. The van der Waals surface area contributed by atoms with E-state index in [1.807, 2.05) is 0 Å². The van der Waals surface area contributed by atoms with Crippen molar-refractivity contribution in [1.29, 1.82) is 0 Å². The van der Waals surface area contributed by atoms with E-state index in [0.29, 0.717) is 12.1 Å². The molecule has 0 amide bonds. The maximum absolute atomic E-state index is 13.1. The van der Waals surface area contributed by atoms with E-state index in [4.69, 9.17) is 11.6 Å². The van der Waals surface area contributed by atoms with Gasteiger partial charge >= 0.3 is 6.18 Å². The first-order chi connectivity index (χ1) is 6.36. The van der Waals surface area contributed by atoms with E-state index < -0.39 is 17.6 Å². The van der Waals surface area contributed by atoms with Crippen molar-refractivity contribution >= 4 is 27.5 Å². The van der Waals surface area contributed by atoms with Crippen LogP contribution in [0.4, 0.5) is 17.6 Å². The molecule has 0 aromatic heterocycles. The second-order valence-electron chi connectivity index (χ2n) is 2.56. The molecule has 0 unspecified atom stereocenters. The van der Waals surface area contributed by atoms with Gasteiger partial charge in [0.15, 0.2) is 0 Å². The molecule has 6 heteroatoms. The molecule has 1 aromatic carbocycles. The average Bonchev–Trinajstić information content (AvgIpc) is 2.07. The smallest absolute Gasteiger partial charge is 0.205 e. The molecule has 0 aliphatic heterocycles. The Morgan fingerprint density at radius 1 is 1.29 bits per heavy atom. The van der Waals surface area contributed by atoms with Crippen molar-refractivity contribution in [2.45, 2.75) is 12.1 Å². The lowest BCUT2D eigenvalue weighted by molar-refractivity contribution is -0.137. The van der Waals surface area contributed by atoms with E-state index in [1.165, 1.54) is 0 Å². The quantitative estimate of drug-likeness (QED) is 0.533. The van der Waals surface area contributed by atoms with Crippen molar-refractivity contribution in [1.82, 2.24) is 0 Å². The highest BCUT2D eigenvalue weighted by Crippen LogP contribution is 2.33. The molecule has 0 fully saturated rings. The summed E-state index contributed by atoms with van der Waals surface area (Å²) in [6.07, 6.45) is -4.49. The summed E-state index contributed by atoms with van der Waals surface area (Å²) in [6, 6.07) is 1.39. The molecular weight excluding hydrogens is 287 g/mol. The van der Waals surface area contributed by atoms with Gasteiger partial charge in [0.2, 0.25) is 0 Å². The van der Waals surface area contributed by atoms with Crippen LogP contribution in [0.2, 0.25) is 0 Å². The zero-order chi connectivity index (χ0) is 10.9. The Morgan fingerprint density at radius 2 is 1.86 bits per heavy atom. The average molecular weight is 291 g/mol. The number of halogens is 6. The molecule has 1 aromatic rings. The van der Waals surface area contributed by atoms with Gasteiger partial charge in [-0.1, -0.05) is 0 Å². The fourth-order valence-corrected chi connectivity index (χ4v) is 1.60. The summed E-state index contributed by atoms with van der Waals surface area (Å²) in [7, 11) is 0. The van der Waals surface area contributed by atoms with Crippen LogP contribution in [0.25, 0.3) is 0 Å². The lowest BCUT2D eigenvalue weighted by atomic mass is 10.1. The number of benzene rings is 1. The largest absolute Gasteiger partial charge is 0.416 e. The molecule has 0 atom stereocenters. The maximum Gasteiger partial charge on any atom is 0.416 e. The topological polar surface area (TPSA) is 0 Å². The fraction of sp³-hybridized carbons (Fsp3) is 0.250. The zero-order valence-electron chi connectivity index (χ0n) is 6.63. The molecule has 0 N–H and O–H groups in total. The Kier molecular flexibility index (Phi) is 3.42. The summed E-state index contributed by atoms with van der Waals surface area (Å²) in [6.45, 7) is 0. The Hall–Kier alpha value is -0.290. The van der Waals surface area contributed by atoms with Crippen LogP contribution in [0.3, 0.4) is 0 Å². The SMILES string of the molecule is Fc1c(Br)cc(C(F)(F)F)cc1CCl. The molecule has 0 spiro atoms. The van der Waals surface area contributed by atoms with E-state index in [-0.39, 0.29) is 15.9 Å². The third-order valence-electron chi connectivity index (χ3n) is 1.57. The number of rotatable bonds is 1. The molecule has 0 saturated carbocycles. The molecule has 1 rings (SSSR count). The van der Waals surface area contributed by atoms with Crippen molar-refractivity contribution in [2.75, 3.05) is 0 Å². The van der Waals surface area contributed by atoms with Crippen LogP contribution in [-0.4, -0.2) is 0 Å². The van der Waals surface area contributed by atoms with Gasteiger partial charge in [0.05, 0.1) is 15.9 Å². The molecule has 0 radical (unpaired) electrons. The minimum Gasteiger partial charge on any atom is -0.205 e. The second-order valence-corrected chi connectivity index (χ2v) is 3.68. The standard InChI is InChI=1S/C8H4BrClF4/c9-6-2-5(8(12,13)14)1-4(3-10)7(6)11/h1-2H,3H2. The van der Waals surface area contributed by atoms with Crippen molar-refractivity contribution in [3.63, 3.8) is 0 Å². The predicted molar refractivity (Wildman–Crippen MR) is 48.7 cm³/mol. The van der Waals surface area contributed by atoms with Crippen molar-refractivity contribution in [2.24, 2.45) is 0 Å². The molecule has 0 nitrogen and oxygen atoms in total. The van der Waals surface area contributed by atoms with Crippen LogP contribution in [-0.2, 0) is 12.1 Å². The van der Waals surface area contributed by atoms with E-state index in [1.54, 1.807) is 0 Å². The van der Waals surface area contributed by atoms with Crippen LogP contribution in [0, 0.1) is 5.82 Å². The first-order valence-corrected chi connectivity index (χ1v) is 4.80. The Morgan fingerprint density at radius 3 is 2.29 bits per heavy atom. The highest BCUT2D eigenvalue weighted by atomic mass is 79.9. The monoisotopic (exact) mass is 290 g/mol. The minimum absolute atomic E-state index is 0.173. The van der Waals surface area contributed by atoms with Gasteiger partial charge in [-0.05, 0) is 28.1 Å². The van der Waals surface area contributed by atoms with E-state index >= 15 is 0 Å². The molecular formula is C8H4BrClF4. The third kappa shape index (κ3) is 2.39. The summed E-state index contributed by atoms with van der Waals surface area (Å²) in [5.74, 6) is -1.05. The zero-order valence-corrected chi connectivity index (χ0v) is 8.97. The van der Waals surface area contributed by atoms with Crippen LogP contribution < -0.4 is 0 Å². The normalized spacial score (nSPS) is 11.9. The van der Waals surface area contributed by atoms with E-state index in [2.05, 4.69) is 15.9 Å². The number of alkyl halides is 4. The van der Waals surface area contributed by atoms with Gasteiger partial charge in [0.25, 0.3) is 0 Å². The molecule has 14 heavy (non-hydrogen) atoms. The fourth-order valence-electron chi connectivity index (χ4n) is 0.907. The van der Waals surface area contributed by atoms with Gasteiger partial charge in [-0.15, -0.1) is 11.6 Å².